The minimum absolute atomic E-state index is 0.371. The normalized spacial score (nSPS) is 24.5. The third-order valence-electron chi connectivity index (χ3n) is 3.38. The lowest BCUT2D eigenvalue weighted by atomic mass is 9.95. The summed E-state index contributed by atoms with van der Waals surface area (Å²) in [5.74, 6) is 0. The standard InChI is InChI=1S/C14H20N2O/c1-15-9-11-3-5-12(6-4-11)14-8-7-13(17-2)10-16-14/h3-6,13-14,16H,1,7-10H2,2H3. The van der Waals surface area contributed by atoms with Crippen molar-refractivity contribution < 1.29 is 4.74 Å². The van der Waals surface area contributed by atoms with E-state index in [0.717, 1.165) is 19.4 Å². The molecule has 1 fully saturated rings. The summed E-state index contributed by atoms with van der Waals surface area (Å²) in [6.45, 7) is 5.15. The fourth-order valence-electron chi connectivity index (χ4n) is 2.30. The highest BCUT2D eigenvalue weighted by molar-refractivity contribution is 5.28. The molecule has 1 heterocycles. The maximum absolute atomic E-state index is 5.34. The zero-order chi connectivity index (χ0) is 12.1. The van der Waals surface area contributed by atoms with Crippen molar-refractivity contribution in [2.75, 3.05) is 13.7 Å². The minimum atomic E-state index is 0.371. The van der Waals surface area contributed by atoms with Gasteiger partial charge in [-0.15, -0.1) is 0 Å². The van der Waals surface area contributed by atoms with Crippen LogP contribution in [0.15, 0.2) is 29.3 Å². The van der Waals surface area contributed by atoms with Crippen molar-refractivity contribution >= 4 is 6.72 Å². The van der Waals surface area contributed by atoms with Crippen molar-refractivity contribution in [1.29, 1.82) is 0 Å². The highest BCUT2D eigenvalue weighted by atomic mass is 16.5. The molecule has 0 bridgehead atoms. The van der Waals surface area contributed by atoms with Crippen LogP contribution in [-0.4, -0.2) is 26.5 Å². The first-order valence-corrected chi connectivity index (χ1v) is 6.11. The Hall–Kier alpha value is -1.19. The average molecular weight is 232 g/mol. The third kappa shape index (κ3) is 3.14. The minimum Gasteiger partial charge on any atom is -0.380 e. The van der Waals surface area contributed by atoms with Crippen LogP contribution >= 0.6 is 0 Å². The predicted molar refractivity (Wildman–Crippen MR) is 70.5 cm³/mol. The molecule has 0 saturated carbocycles. The van der Waals surface area contributed by atoms with E-state index in [0.29, 0.717) is 18.7 Å². The van der Waals surface area contributed by atoms with Gasteiger partial charge in [-0.25, -0.2) is 0 Å². The first-order chi connectivity index (χ1) is 8.33. The SMILES string of the molecule is C=NCc1ccc(C2CCC(OC)CN2)cc1. The van der Waals surface area contributed by atoms with E-state index in [4.69, 9.17) is 4.74 Å². The van der Waals surface area contributed by atoms with Crippen LogP contribution in [0.5, 0.6) is 0 Å². The van der Waals surface area contributed by atoms with Gasteiger partial charge in [0.1, 0.15) is 0 Å². The van der Waals surface area contributed by atoms with Crippen LogP contribution in [0.3, 0.4) is 0 Å². The van der Waals surface area contributed by atoms with Gasteiger partial charge in [-0.3, -0.25) is 4.99 Å². The molecule has 2 rings (SSSR count). The molecular weight excluding hydrogens is 212 g/mol. The van der Waals surface area contributed by atoms with Gasteiger partial charge in [0, 0.05) is 19.7 Å². The molecule has 0 radical (unpaired) electrons. The van der Waals surface area contributed by atoms with E-state index < -0.39 is 0 Å². The fourth-order valence-corrected chi connectivity index (χ4v) is 2.30. The Morgan fingerprint density at radius 1 is 1.35 bits per heavy atom. The number of methoxy groups -OCH3 is 1. The lowest BCUT2D eigenvalue weighted by molar-refractivity contribution is 0.0705. The maximum Gasteiger partial charge on any atom is 0.0696 e. The van der Waals surface area contributed by atoms with Crippen molar-refractivity contribution in [1.82, 2.24) is 5.32 Å². The highest BCUT2D eigenvalue weighted by Crippen LogP contribution is 2.24. The summed E-state index contributed by atoms with van der Waals surface area (Å²) < 4.78 is 5.34. The van der Waals surface area contributed by atoms with E-state index in [9.17, 15) is 0 Å². The molecule has 0 amide bonds. The molecule has 1 aromatic carbocycles. The zero-order valence-corrected chi connectivity index (χ0v) is 10.4. The Bertz CT molecular complexity index is 353. The summed E-state index contributed by atoms with van der Waals surface area (Å²) >= 11 is 0. The number of hydrogen-bond acceptors (Lipinski definition) is 3. The smallest absolute Gasteiger partial charge is 0.0696 e. The number of nitrogens with one attached hydrogen (secondary N) is 1. The largest absolute Gasteiger partial charge is 0.380 e. The van der Waals surface area contributed by atoms with Gasteiger partial charge in [-0.1, -0.05) is 24.3 Å². The highest BCUT2D eigenvalue weighted by Gasteiger charge is 2.20. The monoisotopic (exact) mass is 232 g/mol. The molecule has 1 aliphatic rings. The molecule has 3 nitrogen and oxygen atoms in total. The van der Waals surface area contributed by atoms with Gasteiger partial charge in [0.05, 0.1) is 12.6 Å². The second-order valence-electron chi connectivity index (χ2n) is 4.52. The summed E-state index contributed by atoms with van der Waals surface area (Å²) in [7, 11) is 1.78. The summed E-state index contributed by atoms with van der Waals surface area (Å²) in [5.41, 5.74) is 2.57. The molecule has 2 unspecified atom stereocenters. The Labute approximate surface area is 103 Å². The van der Waals surface area contributed by atoms with Gasteiger partial charge in [0.25, 0.3) is 0 Å². The number of piperidine rings is 1. The zero-order valence-electron chi connectivity index (χ0n) is 10.4. The number of aliphatic imine (C=N–C) groups is 1. The van der Waals surface area contributed by atoms with Crippen LogP contribution in [0.4, 0.5) is 0 Å². The van der Waals surface area contributed by atoms with Gasteiger partial charge in [0.2, 0.25) is 0 Å². The molecule has 2 atom stereocenters. The van der Waals surface area contributed by atoms with Crippen molar-refractivity contribution in [3.8, 4) is 0 Å². The maximum atomic E-state index is 5.34. The van der Waals surface area contributed by atoms with Gasteiger partial charge in [0.15, 0.2) is 0 Å². The molecule has 17 heavy (non-hydrogen) atoms. The summed E-state index contributed by atoms with van der Waals surface area (Å²) in [5, 5.41) is 3.53. The summed E-state index contributed by atoms with van der Waals surface area (Å²) in [6.07, 6.45) is 2.64. The molecule has 0 aromatic heterocycles. The first-order valence-electron chi connectivity index (χ1n) is 6.11. The topological polar surface area (TPSA) is 33.6 Å². The quantitative estimate of drug-likeness (QED) is 0.808. The van der Waals surface area contributed by atoms with Crippen LogP contribution < -0.4 is 5.32 Å². The van der Waals surface area contributed by atoms with Gasteiger partial charge >= 0.3 is 0 Å². The van der Waals surface area contributed by atoms with E-state index in [2.05, 4.69) is 41.3 Å². The molecule has 1 aromatic rings. The fraction of sp³-hybridized carbons (Fsp3) is 0.500. The van der Waals surface area contributed by atoms with Crippen LogP contribution in [0, 0.1) is 0 Å². The number of benzene rings is 1. The van der Waals surface area contributed by atoms with Gasteiger partial charge < -0.3 is 10.1 Å². The molecule has 1 saturated heterocycles. The molecule has 1 N–H and O–H groups in total. The van der Waals surface area contributed by atoms with Crippen LogP contribution in [0.25, 0.3) is 0 Å². The Kier molecular flexibility index (Phi) is 4.29. The first kappa shape index (κ1) is 12.3. The Morgan fingerprint density at radius 3 is 2.65 bits per heavy atom. The van der Waals surface area contributed by atoms with E-state index in [1.807, 2.05) is 0 Å². The lowest BCUT2D eigenvalue weighted by Gasteiger charge is -2.29. The molecular formula is C14H20N2O. The molecule has 0 spiro atoms. The van der Waals surface area contributed by atoms with Crippen molar-refractivity contribution in [3.05, 3.63) is 35.4 Å². The predicted octanol–water partition coefficient (Wildman–Crippen LogP) is 2.33. The van der Waals surface area contributed by atoms with E-state index in [1.165, 1.54) is 11.1 Å². The number of ether oxygens (including phenoxy) is 1. The molecule has 92 valence electrons. The lowest BCUT2D eigenvalue weighted by Crippen LogP contribution is -2.37. The Balaban J connectivity index is 1.96. The van der Waals surface area contributed by atoms with Crippen molar-refractivity contribution in [3.63, 3.8) is 0 Å². The molecule has 0 aliphatic carbocycles. The van der Waals surface area contributed by atoms with E-state index >= 15 is 0 Å². The van der Waals surface area contributed by atoms with Crippen LogP contribution in [0.2, 0.25) is 0 Å². The second kappa shape index (κ2) is 5.94. The van der Waals surface area contributed by atoms with E-state index in [-0.39, 0.29) is 0 Å². The number of nitrogens with zero attached hydrogens (tertiary/aromatic N) is 1. The van der Waals surface area contributed by atoms with Crippen LogP contribution in [0.1, 0.15) is 30.0 Å². The average Bonchev–Trinajstić information content (AvgIpc) is 2.40. The molecule has 3 heteroatoms. The number of rotatable bonds is 4. The van der Waals surface area contributed by atoms with Crippen LogP contribution in [-0.2, 0) is 11.3 Å². The summed E-state index contributed by atoms with van der Waals surface area (Å²) in [4.78, 5) is 3.89. The Morgan fingerprint density at radius 2 is 2.12 bits per heavy atom. The molecule has 1 aliphatic heterocycles. The van der Waals surface area contributed by atoms with Gasteiger partial charge in [-0.2, -0.15) is 0 Å². The second-order valence-corrected chi connectivity index (χ2v) is 4.52. The number of hydrogen-bond donors (Lipinski definition) is 1. The third-order valence-corrected chi connectivity index (χ3v) is 3.38. The van der Waals surface area contributed by atoms with Gasteiger partial charge in [-0.05, 0) is 30.7 Å². The van der Waals surface area contributed by atoms with E-state index in [1.54, 1.807) is 7.11 Å². The van der Waals surface area contributed by atoms with Crippen molar-refractivity contribution in [2.24, 2.45) is 4.99 Å². The summed E-state index contributed by atoms with van der Waals surface area (Å²) in [6, 6.07) is 9.10. The van der Waals surface area contributed by atoms with Crippen molar-refractivity contribution in [2.45, 2.75) is 31.5 Å².